The highest BCUT2D eigenvalue weighted by Crippen LogP contribution is 2.38. The lowest BCUT2D eigenvalue weighted by atomic mass is 10.1. The zero-order chi connectivity index (χ0) is 10.8. The van der Waals surface area contributed by atoms with Gasteiger partial charge in [0.2, 0.25) is 3.79 Å². The maximum atomic E-state index is 11.4. The first-order valence-electron chi connectivity index (χ1n) is 4.28. The summed E-state index contributed by atoms with van der Waals surface area (Å²) in [5, 5.41) is 11.4. The van der Waals surface area contributed by atoms with Gasteiger partial charge in [-0.15, -0.1) is 0 Å². The molecule has 1 radical (unpaired) electrons. The van der Waals surface area contributed by atoms with Crippen LogP contribution >= 0.6 is 34.8 Å². The molecule has 0 aliphatic heterocycles. The Kier molecular flexibility index (Phi) is 4.08. The van der Waals surface area contributed by atoms with E-state index >= 15 is 0 Å². The highest BCUT2D eigenvalue weighted by atomic mass is 35.6. The Hall–Kier alpha value is 0.0500. The minimum atomic E-state index is -1.41. The summed E-state index contributed by atoms with van der Waals surface area (Å²) in [7, 11) is 0. The molecule has 0 saturated heterocycles. The van der Waals surface area contributed by atoms with Crippen molar-refractivity contribution >= 4 is 34.8 Å². The average molecular weight is 253 g/mol. The number of alkyl halides is 3. The van der Waals surface area contributed by atoms with E-state index in [2.05, 4.69) is 0 Å². The van der Waals surface area contributed by atoms with Crippen molar-refractivity contribution in [2.24, 2.45) is 0 Å². The lowest BCUT2D eigenvalue weighted by Gasteiger charge is -2.12. The third-order valence-electron chi connectivity index (χ3n) is 1.98. The van der Waals surface area contributed by atoms with Gasteiger partial charge in [-0.25, -0.2) is 5.11 Å². The van der Waals surface area contributed by atoms with E-state index in [1.54, 1.807) is 24.3 Å². The molecule has 1 aromatic rings. The van der Waals surface area contributed by atoms with E-state index < -0.39 is 9.90 Å². The fraction of sp³-hybridized carbons (Fsp3) is 0.400. The van der Waals surface area contributed by atoms with Crippen LogP contribution in [0, 0.1) is 0 Å². The standard InChI is InChI=1S/C10H10Cl3O/c1-2-9(14)7-3-5-8(6-4-7)10(11,12)13/h3-6,9H,2H2,1H3. The van der Waals surface area contributed by atoms with Gasteiger partial charge >= 0.3 is 0 Å². The minimum Gasteiger partial charge on any atom is -0.228 e. The predicted molar refractivity (Wildman–Crippen MR) is 59.4 cm³/mol. The molecule has 0 fully saturated rings. The monoisotopic (exact) mass is 251 g/mol. The van der Waals surface area contributed by atoms with Gasteiger partial charge in [0, 0.05) is 5.56 Å². The number of halogens is 3. The van der Waals surface area contributed by atoms with Crippen LogP contribution in [-0.4, -0.2) is 0 Å². The van der Waals surface area contributed by atoms with Crippen molar-refractivity contribution in [3.05, 3.63) is 35.4 Å². The lowest BCUT2D eigenvalue weighted by molar-refractivity contribution is 0.0857. The Labute approximate surface area is 98.6 Å². The van der Waals surface area contributed by atoms with Gasteiger partial charge in [0.25, 0.3) is 0 Å². The van der Waals surface area contributed by atoms with Crippen molar-refractivity contribution in [1.29, 1.82) is 0 Å². The molecule has 4 heteroatoms. The Morgan fingerprint density at radius 1 is 1.21 bits per heavy atom. The summed E-state index contributed by atoms with van der Waals surface area (Å²) in [5.74, 6) is 0. The second-order valence-corrected chi connectivity index (χ2v) is 5.30. The Balaban J connectivity index is 2.89. The van der Waals surface area contributed by atoms with Crippen molar-refractivity contribution in [2.45, 2.75) is 23.2 Å². The molecule has 1 unspecified atom stereocenters. The van der Waals surface area contributed by atoms with Crippen molar-refractivity contribution in [2.75, 3.05) is 0 Å². The molecule has 0 bridgehead atoms. The largest absolute Gasteiger partial charge is 0.228 e. The zero-order valence-corrected chi connectivity index (χ0v) is 9.90. The third kappa shape index (κ3) is 3.03. The van der Waals surface area contributed by atoms with Crippen LogP contribution in [-0.2, 0) is 8.90 Å². The zero-order valence-electron chi connectivity index (χ0n) is 7.64. The van der Waals surface area contributed by atoms with Gasteiger partial charge in [-0.1, -0.05) is 66.0 Å². The average Bonchev–Trinajstić information content (AvgIpc) is 2.15. The van der Waals surface area contributed by atoms with Gasteiger partial charge in [0.05, 0.1) is 0 Å². The maximum absolute atomic E-state index is 11.4. The highest BCUT2D eigenvalue weighted by molar-refractivity contribution is 6.66. The summed E-state index contributed by atoms with van der Waals surface area (Å²) < 4.78 is -1.41. The number of hydrogen-bond acceptors (Lipinski definition) is 0. The molecule has 1 nitrogen and oxygen atoms in total. The van der Waals surface area contributed by atoms with Crippen LogP contribution in [0.5, 0.6) is 0 Å². The van der Waals surface area contributed by atoms with Crippen LogP contribution < -0.4 is 0 Å². The topological polar surface area (TPSA) is 19.9 Å². The summed E-state index contributed by atoms with van der Waals surface area (Å²) in [6.07, 6.45) is -0.132. The van der Waals surface area contributed by atoms with Gasteiger partial charge in [0.15, 0.2) is 0 Å². The molecular weight excluding hydrogens is 242 g/mol. The summed E-state index contributed by atoms with van der Waals surface area (Å²) in [6, 6.07) is 6.75. The fourth-order valence-corrected chi connectivity index (χ4v) is 1.50. The van der Waals surface area contributed by atoms with Crippen LogP contribution in [0.15, 0.2) is 24.3 Å². The SMILES string of the molecule is CCC([O])c1ccc(C(Cl)(Cl)Cl)cc1. The Morgan fingerprint density at radius 2 is 1.71 bits per heavy atom. The van der Waals surface area contributed by atoms with Gasteiger partial charge in [0.1, 0.15) is 6.10 Å². The molecule has 0 saturated carbocycles. The minimum absolute atomic E-state index is 0.563. The van der Waals surface area contributed by atoms with Crippen molar-refractivity contribution in [3.63, 3.8) is 0 Å². The first kappa shape index (κ1) is 12.1. The second kappa shape index (κ2) is 4.71. The van der Waals surface area contributed by atoms with E-state index in [-0.39, 0.29) is 0 Å². The van der Waals surface area contributed by atoms with Gasteiger partial charge in [-0.2, -0.15) is 0 Å². The molecule has 0 aliphatic carbocycles. The van der Waals surface area contributed by atoms with E-state index in [0.717, 1.165) is 5.56 Å². The molecule has 0 N–H and O–H groups in total. The fourth-order valence-electron chi connectivity index (χ4n) is 1.12. The first-order chi connectivity index (χ1) is 6.45. The molecule has 0 heterocycles. The molecule has 1 rings (SSSR count). The predicted octanol–water partition coefficient (Wildman–Crippen LogP) is 4.39. The number of rotatable bonds is 2. The van der Waals surface area contributed by atoms with Crippen molar-refractivity contribution in [3.8, 4) is 0 Å². The van der Waals surface area contributed by atoms with E-state index in [9.17, 15) is 5.11 Å². The summed E-state index contributed by atoms with van der Waals surface area (Å²) in [6.45, 7) is 1.85. The quantitative estimate of drug-likeness (QED) is 0.696. The molecule has 14 heavy (non-hydrogen) atoms. The summed E-state index contributed by atoms with van der Waals surface area (Å²) >= 11 is 17.0. The van der Waals surface area contributed by atoms with Gasteiger partial charge in [-0.3, -0.25) is 0 Å². The van der Waals surface area contributed by atoms with Crippen LogP contribution in [0.1, 0.15) is 30.6 Å². The smallest absolute Gasteiger partial charge is 0.216 e. The van der Waals surface area contributed by atoms with E-state index in [1.165, 1.54) is 0 Å². The van der Waals surface area contributed by atoms with E-state index in [1.807, 2.05) is 6.92 Å². The molecular formula is C10H10Cl3O. The molecule has 0 amide bonds. The molecule has 0 aliphatic rings. The van der Waals surface area contributed by atoms with E-state index in [0.29, 0.717) is 12.0 Å². The molecule has 77 valence electrons. The normalized spacial score (nSPS) is 14.1. The molecule has 0 aromatic heterocycles. The maximum Gasteiger partial charge on any atom is 0.216 e. The van der Waals surface area contributed by atoms with Crippen LogP contribution in [0.4, 0.5) is 0 Å². The van der Waals surface area contributed by atoms with Gasteiger partial charge in [-0.05, 0) is 12.0 Å². The summed E-state index contributed by atoms with van der Waals surface area (Å²) in [4.78, 5) is 0. The second-order valence-electron chi connectivity index (χ2n) is 3.02. The molecule has 1 atom stereocenters. The molecule has 0 spiro atoms. The van der Waals surface area contributed by atoms with Gasteiger partial charge < -0.3 is 0 Å². The van der Waals surface area contributed by atoms with Crippen molar-refractivity contribution in [1.82, 2.24) is 0 Å². The Morgan fingerprint density at radius 3 is 2.07 bits per heavy atom. The first-order valence-corrected chi connectivity index (χ1v) is 5.41. The third-order valence-corrected chi connectivity index (χ3v) is 2.64. The van der Waals surface area contributed by atoms with Crippen LogP contribution in [0.25, 0.3) is 0 Å². The number of benzene rings is 1. The lowest BCUT2D eigenvalue weighted by Crippen LogP contribution is -2.01. The highest BCUT2D eigenvalue weighted by Gasteiger charge is 2.22. The summed E-state index contributed by atoms with van der Waals surface area (Å²) in [5.41, 5.74) is 1.31. The molecule has 1 aromatic carbocycles. The van der Waals surface area contributed by atoms with Crippen molar-refractivity contribution < 1.29 is 5.11 Å². The van der Waals surface area contributed by atoms with Crippen LogP contribution in [0.2, 0.25) is 0 Å². The Bertz CT molecular complexity index is 289. The van der Waals surface area contributed by atoms with E-state index in [4.69, 9.17) is 34.8 Å². The number of hydrogen-bond donors (Lipinski definition) is 0. The van der Waals surface area contributed by atoms with Crippen LogP contribution in [0.3, 0.4) is 0 Å².